The molecule has 92 heavy (non-hydrogen) atoms. The smallest absolute Gasteiger partial charge is 0.220 e. The number of rotatable bonds is 58. The fraction of sp³-hybridized carbons (Fsp3) is 0.904. The summed E-state index contributed by atoms with van der Waals surface area (Å²) in [6.45, 7) is 1.75. The molecule has 0 bridgehead atoms. The molecule has 3 fully saturated rings. The molecule has 0 aromatic rings. The van der Waals surface area contributed by atoms with Gasteiger partial charge >= 0.3 is 0 Å². The Morgan fingerprint density at radius 3 is 1.09 bits per heavy atom. The molecule has 0 spiro atoms. The molecule has 0 aromatic carbocycles. The van der Waals surface area contributed by atoms with Crippen molar-refractivity contribution in [3.8, 4) is 0 Å². The molecular formula is C73H135NO18. The quantitative estimate of drug-likeness (QED) is 0.0199. The number of unbranched alkanes of at least 4 members (excludes halogenated alkanes) is 38. The number of carbonyl (C=O) groups excluding carboxylic acids is 1. The van der Waals surface area contributed by atoms with Crippen LogP contribution >= 0.6 is 0 Å². The second kappa shape index (κ2) is 55.0. The average Bonchev–Trinajstić information content (AvgIpc) is 0.839. The lowest BCUT2D eigenvalue weighted by atomic mass is 9.96. The first kappa shape index (κ1) is 84.2. The van der Waals surface area contributed by atoms with Gasteiger partial charge in [0.15, 0.2) is 18.9 Å². The van der Waals surface area contributed by atoms with Gasteiger partial charge in [0.25, 0.3) is 0 Å². The van der Waals surface area contributed by atoms with E-state index in [9.17, 15) is 61.0 Å². The van der Waals surface area contributed by atoms with Gasteiger partial charge in [0.05, 0.1) is 38.6 Å². The third-order valence-corrected chi connectivity index (χ3v) is 18.7. The predicted octanol–water partition coefficient (Wildman–Crippen LogP) is 10.8. The van der Waals surface area contributed by atoms with Crippen molar-refractivity contribution in [2.24, 2.45) is 0 Å². The van der Waals surface area contributed by atoms with Gasteiger partial charge in [-0.2, -0.15) is 0 Å². The van der Waals surface area contributed by atoms with Crippen molar-refractivity contribution in [2.45, 2.75) is 394 Å². The van der Waals surface area contributed by atoms with E-state index in [1.54, 1.807) is 6.08 Å². The Hall–Kier alpha value is -1.99. The second-order valence-electron chi connectivity index (χ2n) is 26.7. The van der Waals surface area contributed by atoms with Gasteiger partial charge < -0.3 is 89.9 Å². The summed E-state index contributed by atoms with van der Waals surface area (Å²) in [6, 6.07) is -0.995. The Labute approximate surface area is 555 Å². The standard InChI is InChI=1S/C73H135NO18/c1-3-5-7-9-11-13-15-17-19-21-23-25-27-28-29-30-32-34-36-38-40-42-44-46-48-50-57(78)56(74-61(79)51-49-47-45-43-41-39-37-35-33-31-26-24-22-20-18-16-14-12-10-8-6-4-2)55-87-71-67(85)64(82)69(59(53-76)89-71)92-73-68(86)65(83)70(60(54-77)90-73)91-72-66(84)63(81)62(80)58(52-75)88-72/h32,34,40,42,48,50,56-60,62-73,75-78,80-86H,3-31,33,35-39,41,43-47,49,51-55H2,1-2H3,(H,74,79)/b34-32+,42-40+,50-48+. The Kier molecular flexibility index (Phi) is 50.3. The van der Waals surface area contributed by atoms with Crippen molar-refractivity contribution in [3.63, 3.8) is 0 Å². The molecular weight excluding hydrogens is 1180 g/mol. The van der Waals surface area contributed by atoms with Gasteiger partial charge in [-0.25, -0.2) is 0 Å². The molecule has 3 saturated heterocycles. The van der Waals surface area contributed by atoms with Crippen LogP contribution in [0.25, 0.3) is 0 Å². The van der Waals surface area contributed by atoms with Crippen molar-refractivity contribution in [1.29, 1.82) is 0 Å². The Bertz CT molecular complexity index is 1810. The van der Waals surface area contributed by atoms with E-state index in [1.165, 1.54) is 212 Å². The molecule has 540 valence electrons. The van der Waals surface area contributed by atoms with E-state index in [-0.39, 0.29) is 18.9 Å². The molecule has 1 amide bonds. The number of hydrogen-bond donors (Lipinski definition) is 12. The lowest BCUT2D eigenvalue weighted by Gasteiger charge is -2.48. The molecule has 12 N–H and O–H groups in total. The normalized spacial score (nSPS) is 27.9. The van der Waals surface area contributed by atoms with Crippen LogP contribution in [0.3, 0.4) is 0 Å². The summed E-state index contributed by atoms with van der Waals surface area (Å²) in [4.78, 5) is 13.4. The number of amides is 1. The largest absolute Gasteiger partial charge is 0.394 e. The minimum Gasteiger partial charge on any atom is -0.394 e. The maximum absolute atomic E-state index is 13.4. The van der Waals surface area contributed by atoms with Crippen LogP contribution in [0.2, 0.25) is 0 Å². The maximum Gasteiger partial charge on any atom is 0.220 e. The number of aliphatic hydroxyl groups excluding tert-OH is 11. The zero-order valence-electron chi connectivity index (χ0n) is 57.3. The summed E-state index contributed by atoms with van der Waals surface area (Å²) in [6.07, 6.45) is 38.4. The highest BCUT2D eigenvalue weighted by atomic mass is 16.8. The van der Waals surface area contributed by atoms with Gasteiger partial charge in [-0.3, -0.25) is 4.79 Å². The van der Waals surface area contributed by atoms with Crippen LogP contribution in [-0.2, 0) is 33.2 Å². The second-order valence-corrected chi connectivity index (χ2v) is 26.7. The van der Waals surface area contributed by atoms with E-state index >= 15 is 0 Å². The number of allylic oxidation sites excluding steroid dienone is 5. The summed E-state index contributed by atoms with van der Waals surface area (Å²) in [5.74, 6) is -0.284. The number of aliphatic hydroxyl groups is 11. The first-order chi connectivity index (χ1) is 44.8. The molecule has 3 aliphatic heterocycles. The van der Waals surface area contributed by atoms with E-state index in [2.05, 4.69) is 43.5 Å². The number of hydrogen-bond acceptors (Lipinski definition) is 18. The van der Waals surface area contributed by atoms with Crippen LogP contribution in [-0.4, -0.2) is 193 Å². The lowest BCUT2D eigenvalue weighted by Crippen LogP contribution is -2.66. The van der Waals surface area contributed by atoms with Gasteiger partial charge in [0.2, 0.25) is 5.91 Å². The van der Waals surface area contributed by atoms with E-state index in [1.807, 2.05) is 6.08 Å². The zero-order valence-corrected chi connectivity index (χ0v) is 57.3. The highest BCUT2D eigenvalue weighted by Gasteiger charge is 2.53. The van der Waals surface area contributed by atoms with E-state index in [0.717, 1.165) is 44.9 Å². The molecule has 0 saturated carbocycles. The van der Waals surface area contributed by atoms with Gasteiger partial charge in [-0.15, -0.1) is 0 Å². The number of nitrogens with one attached hydrogen (secondary N) is 1. The van der Waals surface area contributed by atoms with E-state index < -0.39 is 124 Å². The van der Waals surface area contributed by atoms with Gasteiger partial charge in [0.1, 0.15) is 73.2 Å². The Morgan fingerprint density at radius 1 is 0.380 bits per heavy atom. The number of carbonyl (C=O) groups is 1. The molecule has 3 heterocycles. The zero-order chi connectivity index (χ0) is 66.8. The Morgan fingerprint density at radius 2 is 0.696 bits per heavy atom. The van der Waals surface area contributed by atoms with E-state index in [4.69, 9.17) is 28.4 Å². The first-order valence-corrected chi connectivity index (χ1v) is 37.2. The van der Waals surface area contributed by atoms with Gasteiger partial charge in [0, 0.05) is 6.42 Å². The van der Waals surface area contributed by atoms with Crippen LogP contribution in [0.15, 0.2) is 36.5 Å². The summed E-state index contributed by atoms with van der Waals surface area (Å²) < 4.78 is 34.4. The third kappa shape index (κ3) is 36.0. The van der Waals surface area contributed by atoms with Crippen LogP contribution in [0.4, 0.5) is 0 Å². The average molecular weight is 1310 g/mol. The van der Waals surface area contributed by atoms with Crippen LogP contribution in [0.5, 0.6) is 0 Å². The molecule has 3 rings (SSSR count). The monoisotopic (exact) mass is 1310 g/mol. The fourth-order valence-corrected chi connectivity index (χ4v) is 12.6. The molecule has 17 unspecified atom stereocenters. The van der Waals surface area contributed by atoms with Crippen molar-refractivity contribution in [2.75, 3.05) is 26.4 Å². The highest BCUT2D eigenvalue weighted by Crippen LogP contribution is 2.33. The van der Waals surface area contributed by atoms with Crippen LogP contribution < -0.4 is 5.32 Å². The summed E-state index contributed by atoms with van der Waals surface area (Å²) in [5.41, 5.74) is 0. The fourth-order valence-electron chi connectivity index (χ4n) is 12.6. The SMILES string of the molecule is CCCCCCCCCCCCCCCCC/C=C/CC/C=C/CC/C=C/C(O)C(COC1OC(CO)C(OC2OC(CO)C(OC3OC(CO)C(O)C(O)C3O)C(O)C2O)C(O)C1O)NC(=O)CCCCCCCCCCCCCCCCCCCCCCCC. The molecule has 17 atom stereocenters. The minimum absolute atomic E-state index is 0.236. The summed E-state index contributed by atoms with van der Waals surface area (Å²) in [5, 5.41) is 121. The number of ether oxygens (including phenoxy) is 6. The lowest BCUT2D eigenvalue weighted by molar-refractivity contribution is -0.379. The molecule has 0 aliphatic carbocycles. The van der Waals surface area contributed by atoms with Crippen LogP contribution in [0.1, 0.15) is 290 Å². The predicted molar refractivity (Wildman–Crippen MR) is 360 cm³/mol. The van der Waals surface area contributed by atoms with Crippen molar-refractivity contribution >= 4 is 5.91 Å². The molecule has 3 aliphatic rings. The Balaban J connectivity index is 1.44. The van der Waals surface area contributed by atoms with Crippen LogP contribution in [0, 0.1) is 0 Å². The third-order valence-electron chi connectivity index (χ3n) is 18.7. The summed E-state index contributed by atoms with van der Waals surface area (Å²) >= 11 is 0. The van der Waals surface area contributed by atoms with E-state index in [0.29, 0.717) is 12.8 Å². The molecule has 0 aromatic heterocycles. The topological polar surface area (TPSA) is 307 Å². The summed E-state index contributed by atoms with van der Waals surface area (Å²) in [7, 11) is 0. The molecule has 0 radical (unpaired) electrons. The minimum atomic E-state index is -1.98. The molecule has 19 nitrogen and oxygen atoms in total. The van der Waals surface area contributed by atoms with Crippen molar-refractivity contribution in [3.05, 3.63) is 36.5 Å². The van der Waals surface area contributed by atoms with Gasteiger partial charge in [-0.05, 0) is 44.9 Å². The maximum atomic E-state index is 13.4. The highest BCUT2D eigenvalue weighted by molar-refractivity contribution is 5.76. The van der Waals surface area contributed by atoms with Crippen molar-refractivity contribution in [1.82, 2.24) is 5.32 Å². The van der Waals surface area contributed by atoms with Gasteiger partial charge in [-0.1, -0.05) is 275 Å². The molecule has 19 heteroatoms. The first-order valence-electron chi connectivity index (χ1n) is 37.2. The van der Waals surface area contributed by atoms with Crippen molar-refractivity contribution < 1.29 is 89.4 Å².